The molecule has 2 rings (SSSR count). The van der Waals surface area contributed by atoms with Crippen molar-refractivity contribution in [3.8, 4) is 0 Å². The molecule has 7 heteroatoms. The Morgan fingerprint density at radius 2 is 2.10 bits per heavy atom. The summed E-state index contributed by atoms with van der Waals surface area (Å²) < 4.78 is 46.6. The summed E-state index contributed by atoms with van der Waals surface area (Å²) in [7, 11) is 1.56. The minimum atomic E-state index is -1.25. The van der Waals surface area contributed by atoms with Gasteiger partial charge in [0, 0.05) is 31.6 Å². The molecule has 1 unspecified atom stereocenters. The minimum absolute atomic E-state index is 0.0635. The Balaban J connectivity index is 2.29. The summed E-state index contributed by atoms with van der Waals surface area (Å²) in [6.07, 6.45) is 3.17. The Morgan fingerprint density at radius 3 is 2.80 bits per heavy atom. The summed E-state index contributed by atoms with van der Waals surface area (Å²) in [4.78, 5) is 4.00. The molecule has 108 valence electrons. The summed E-state index contributed by atoms with van der Waals surface area (Å²) in [6.45, 7) is 2.30. The molecule has 0 spiro atoms. The lowest BCUT2D eigenvalue weighted by molar-refractivity contribution is 0.163. The van der Waals surface area contributed by atoms with Gasteiger partial charge in [-0.25, -0.2) is 18.2 Å². The molecule has 1 aromatic heterocycles. The molecule has 2 aromatic rings. The maximum Gasteiger partial charge on any atom is 0.207 e. The van der Waals surface area contributed by atoms with E-state index in [1.54, 1.807) is 17.9 Å². The summed E-state index contributed by atoms with van der Waals surface area (Å²) in [5.41, 5.74) is -0.306. The number of nitrogens with one attached hydrogen (secondary N) is 1. The largest absolute Gasteiger partial charge is 0.383 e. The van der Waals surface area contributed by atoms with Crippen molar-refractivity contribution in [2.45, 2.75) is 13.0 Å². The first kappa shape index (κ1) is 14.4. The van der Waals surface area contributed by atoms with E-state index in [4.69, 9.17) is 4.74 Å². The van der Waals surface area contributed by atoms with Gasteiger partial charge in [-0.1, -0.05) is 0 Å². The Labute approximate surface area is 114 Å². The van der Waals surface area contributed by atoms with Crippen LogP contribution in [0.25, 0.3) is 0 Å². The number of aromatic nitrogens is 2. The second kappa shape index (κ2) is 5.96. The van der Waals surface area contributed by atoms with Gasteiger partial charge in [0.05, 0.1) is 18.3 Å². The van der Waals surface area contributed by atoms with Crippen LogP contribution in [0.15, 0.2) is 24.5 Å². The van der Waals surface area contributed by atoms with E-state index in [1.807, 2.05) is 6.92 Å². The fourth-order valence-electron chi connectivity index (χ4n) is 1.85. The van der Waals surface area contributed by atoms with E-state index in [-0.39, 0.29) is 17.7 Å². The van der Waals surface area contributed by atoms with Gasteiger partial charge >= 0.3 is 0 Å². The van der Waals surface area contributed by atoms with E-state index in [2.05, 4.69) is 10.3 Å². The van der Waals surface area contributed by atoms with Crippen molar-refractivity contribution in [3.05, 3.63) is 42.0 Å². The van der Waals surface area contributed by atoms with Gasteiger partial charge in [-0.15, -0.1) is 0 Å². The average Bonchev–Trinajstić information content (AvgIpc) is 2.84. The first-order chi connectivity index (χ1) is 9.52. The first-order valence-corrected chi connectivity index (χ1v) is 5.96. The molecule has 0 fully saturated rings. The molecule has 0 bridgehead atoms. The van der Waals surface area contributed by atoms with E-state index in [0.29, 0.717) is 12.7 Å². The highest BCUT2D eigenvalue weighted by Crippen LogP contribution is 2.24. The summed E-state index contributed by atoms with van der Waals surface area (Å²) >= 11 is 0. The lowest BCUT2D eigenvalue weighted by atomic mass is 10.3. The van der Waals surface area contributed by atoms with E-state index < -0.39 is 17.5 Å². The molecular formula is C13H14F3N3O. The zero-order valence-corrected chi connectivity index (χ0v) is 11.0. The third kappa shape index (κ3) is 2.93. The minimum Gasteiger partial charge on any atom is -0.383 e. The van der Waals surface area contributed by atoms with Crippen LogP contribution in [0.4, 0.5) is 24.8 Å². The fourth-order valence-corrected chi connectivity index (χ4v) is 1.85. The Bertz CT molecular complexity index is 601. The molecular weight excluding hydrogens is 271 g/mol. The molecule has 1 atom stereocenters. The smallest absolute Gasteiger partial charge is 0.207 e. The third-order valence-corrected chi connectivity index (χ3v) is 2.79. The predicted molar refractivity (Wildman–Crippen MR) is 68.4 cm³/mol. The number of anilines is 2. The van der Waals surface area contributed by atoms with Gasteiger partial charge < -0.3 is 14.6 Å². The van der Waals surface area contributed by atoms with Crippen molar-refractivity contribution in [2.75, 3.05) is 19.0 Å². The number of benzene rings is 1. The zero-order chi connectivity index (χ0) is 14.7. The predicted octanol–water partition coefficient (Wildman–Crippen LogP) is 3.25. The number of hydrogen-bond acceptors (Lipinski definition) is 3. The molecule has 1 heterocycles. The molecule has 0 radical (unpaired) electrons. The van der Waals surface area contributed by atoms with Crippen molar-refractivity contribution in [1.29, 1.82) is 0 Å². The lowest BCUT2D eigenvalue weighted by Gasteiger charge is -2.16. The van der Waals surface area contributed by atoms with Crippen LogP contribution >= 0.6 is 0 Å². The second-order valence-corrected chi connectivity index (χ2v) is 4.34. The third-order valence-electron chi connectivity index (χ3n) is 2.79. The molecule has 4 nitrogen and oxygen atoms in total. The lowest BCUT2D eigenvalue weighted by Crippen LogP contribution is -2.13. The molecule has 1 aromatic carbocycles. The van der Waals surface area contributed by atoms with Crippen molar-refractivity contribution >= 4 is 11.6 Å². The van der Waals surface area contributed by atoms with Gasteiger partial charge in [0.25, 0.3) is 0 Å². The summed E-state index contributed by atoms with van der Waals surface area (Å²) in [5.74, 6) is -3.00. The van der Waals surface area contributed by atoms with Crippen molar-refractivity contribution in [1.82, 2.24) is 9.55 Å². The standard InChI is InChI=1S/C13H14F3N3O/c1-8(7-20-2)19-4-3-17-13(19)18-11-6-9(14)5-10(15)12(11)16/h3-6,8H,7H2,1-2H3,(H,17,18). The van der Waals surface area contributed by atoms with E-state index in [9.17, 15) is 13.2 Å². The normalized spacial score (nSPS) is 12.4. The number of rotatable bonds is 5. The van der Waals surface area contributed by atoms with E-state index >= 15 is 0 Å². The van der Waals surface area contributed by atoms with E-state index in [0.717, 1.165) is 6.07 Å². The Morgan fingerprint density at radius 1 is 1.35 bits per heavy atom. The highest BCUT2D eigenvalue weighted by Gasteiger charge is 2.15. The van der Waals surface area contributed by atoms with Gasteiger partial charge in [-0.05, 0) is 6.92 Å². The van der Waals surface area contributed by atoms with Crippen LogP contribution in [0.2, 0.25) is 0 Å². The maximum absolute atomic E-state index is 13.6. The molecule has 0 saturated heterocycles. The molecule has 1 N–H and O–H groups in total. The molecule has 0 saturated carbocycles. The van der Waals surface area contributed by atoms with Crippen LogP contribution < -0.4 is 5.32 Å². The first-order valence-electron chi connectivity index (χ1n) is 5.96. The zero-order valence-electron chi connectivity index (χ0n) is 11.0. The van der Waals surface area contributed by atoms with Crippen molar-refractivity contribution in [2.24, 2.45) is 0 Å². The summed E-state index contributed by atoms with van der Waals surface area (Å²) in [6, 6.07) is 1.30. The highest BCUT2D eigenvalue weighted by atomic mass is 19.2. The Hall–Kier alpha value is -2.02. The SMILES string of the molecule is COCC(C)n1ccnc1Nc1cc(F)cc(F)c1F. The number of hydrogen-bond donors (Lipinski definition) is 1. The average molecular weight is 285 g/mol. The van der Waals surface area contributed by atoms with Crippen LogP contribution in [0.3, 0.4) is 0 Å². The van der Waals surface area contributed by atoms with Crippen molar-refractivity contribution in [3.63, 3.8) is 0 Å². The Kier molecular flexibility index (Phi) is 4.29. The molecule has 0 aliphatic heterocycles. The van der Waals surface area contributed by atoms with E-state index in [1.165, 1.54) is 6.20 Å². The fraction of sp³-hybridized carbons (Fsp3) is 0.308. The molecule has 20 heavy (non-hydrogen) atoms. The van der Waals surface area contributed by atoms with Crippen LogP contribution in [-0.2, 0) is 4.74 Å². The van der Waals surface area contributed by atoms with Crippen LogP contribution in [0.1, 0.15) is 13.0 Å². The summed E-state index contributed by atoms with van der Waals surface area (Å²) in [5, 5.41) is 2.58. The second-order valence-electron chi connectivity index (χ2n) is 4.34. The monoisotopic (exact) mass is 285 g/mol. The van der Waals surface area contributed by atoms with Gasteiger partial charge in [0.2, 0.25) is 5.95 Å². The quantitative estimate of drug-likeness (QED) is 0.857. The topological polar surface area (TPSA) is 39.1 Å². The van der Waals surface area contributed by atoms with Crippen LogP contribution in [0.5, 0.6) is 0 Å². The number of halogens is 3. The van der Waals surface area contributed by atoms with Gasteiger partial charge in [0.1, 0.15) is 5.82 Å². The van der Waals surface area contributed by atoms with Gasteiger partial charge in [0.15, 0.2) is 11.6 Å². The number of imidazole rings is 1. The van der Waals surface area contributed by atoms with Gasteiger partial charge in [-0.2, -0.15) is 0 Å². The van der Waals surface area contributed by atoms with Crippen LogP contribution in [0, 0.1) is 17.5 Å². The van der Waals surface area contributed by atoms with Gasteiger partial charge in [-0.3, -0.25) is 0 Å². The van der Waals surface area contributed by atoms with Crippen molar-refractivity contribution < 1.29 is 17.9 Å². The maximum atomic E-state index is 13.6. The number of ether oxygens (including phenoxy) is 1. The highest BCUT2D eigenvalue weighted by molar-refractivity contribution is 5.55. The number of nitrogens with zero attached hydrogens (tertiary/aromatic N) is 2. The molecule has 0 aliphatic carbocycles. The number of methoxy groups -OCH3 is 1. The molecule has 0 amide bonds. The van der Waals surface area contributed by atoms with Crippen LogP contribution in [-0.4, -0.2) is 23.3 Å². The molecule has 0 aliphatic rings.